The Balaban J connectivity index is 1.78. The van der Waals surface area contributed by atoms with Gasteiger partial charge in [-0.3, -0.25) is 9.52 Å². The fourth-order valence-electron chi connectivity index (χ4n) is 3.09. The van der Waals surface area contributed by atoms with Gasteiger partial charge in [-0.1, -0.05) is 29.8 Å². The Bertz CT molecular complexity index is 931. The minimum Gasteiger partial charge on any atom is -0.362 e. The summed E-state index contributed by atoms with van der Waals surface area (Å²) >= 11 is 6.08. The molecule has 1 aliphatic heterocycles. The molecule has 0 saturated carbocycles. The van der Waals surface area contributed by atoms with E-state index in [0.717, 1.165) is 36.9 Å². The molecule has 6 nitrogen and oxygen atoms in total. The summed E-state index contributed by atoms with van der Waals surface area (Å²) < 4.78 is 25.7. The van der Waals surface area contributed by atoms with Gasteiger partial charge in [-0.05, 0) is 42.7 Å². The van der Waals surface area contributed by atoms with Gasteiger partial charge in [-0.25, -0.2) is 8.42 Å². The number of nitrogens with zero attached hydrogens (tertiary/aromatic N) is 1. The average Bonchev–Trinajstić information content (AvgIpc) is 2.56. The van der Waals surface area contributed by atoms with Crippen LogP contribution in [0.25, 0.3) is 0 Å². The number of anilines is 3. The first kappa shape index (κ1) is 18.5. The number of halogens is 1. The number of fused-ring (bicyclic) bond motifs is 1. The highest BCUT2D eigenvalue weighted by molar-refractivity contribution is 7.92. The molecule has 0 atom stereocenters. The lowest BCUT2D eigenvalue weighted by Gasteiger charge is -2.32. The van der Waals surface area contributed by atoms with Crippen LogP contribution >= 0.6 is 11.6 Å². The molecule has 2 N–H and O–H groups in total. The molecule has 2 aromatic rings. The maximum atomic E-state index is 12.4. The van der Waals surface area contributed by atoms with E-state index < -0.39 is 10.0 Å². The Morgan fingerprint density at radius 3 is 2.62 bits per heavy atom. The van der Waals surface area contributed by atoms with Gasteiger partial charge >= 0.3 is 0 Å². The Kier molecular flexibility index (Phi) is 5.38. The fraction of sp³-hybridized carbons (Fsp3) is 0.278. The molecule has 138 valence electrons. The maximum Gasteiger partial charge on any atom is 0.243 e. The molecule has 2 aromatic carbocycles. The molecular weight excluding hydrogens is 374 g/mol. The van der Waals surface area contributed by atoms with E-state index in [2.05, 4.69) is 10.0 Å². The topological polar surface area (TPSA) is 78.5 Å². The van der Waals surface area contributed by atoms with Gasteiger partial charge < -0.3 is 10.2 Å². The fourth-order valence-corrected chi connectivity index (χ4v) is 3.86. The first-order valence-electron chi connectivity index (χ1n) is 8.22. The number of carbonyl (C=O) groups is 1. The molecule has 0 fully saturated rings. The second-order valence-electron chi connectivity index (χ2n) is 6.23. The van der Waals surface area contributed by atoms with Crippen LogP contribution in [0, 0.1) is 0 Å². The second kappa shape index (κ2) is 7.55. The zero-order valence-electron chi connectivity index (χ0n) is 14.3. The maximum absolute atomic E-state index is 12.4. The van der Waals surface area contributed by atoms with Crippen LogP contribution in [-0.2, 0) is 21.2 Å². The van der Waals surface area contributed by atoms with Gasteiger partial charge in [0.1, 0.15) is 0 Å². The van der Waals surface area contributed by atoms with Crippen LogP contribution in [0.5, 0.6) is 0 Å². The number of amides is 1. The monoisotopic (exact) mass is 393 g/mol. The molecule has 1 aliphatic rings. The highest BCUT2D eigenvalue weighted by atomic mass is 35.5. The third-order valence-electron chi connectivity index (χ3n) is 4.12. The van der Waals surface area contributed by atoms with Gasteiger partial charge in [0.25, 0.3) is 0 Å². The third-order valence-corrected chi connectivity index (χ3v) is 5.04. The van der Waals surface area contributed by atoms with E-state index in [0.29, 0.717) is 16.4 Å². The molecule has 0 aliphatic carbocycles. The molecule has 1 heterocycles. The van der Waals surface area contributed by atoms with E-state index in [9.17, 15) is 13.2 Å². The summed E-state index contributed by atoms with van der Waals surface area (Å²) in [6, 6.07) is 12.5. The number of para-hydroxylation sites is 1. The summed E-state index contributed by atoms with van der Waals surface area (Å²) in [4.78, 5) is 14.4. The number of hydrogen-bond acceptors (Lipinski definition) is 4. The van der Waals surface area contributed by atoms with E-state index in [4.69, 9.17) is 11.6 Å². The second-order valence-corrected chi connectivity index (χ2v) is 8.39. The average molecular weight is 394 g/mol. The molecule has 1 amide bonds. The number of nitrogens with one attached hydrogen (secondary N) is 2. The van der Waals surface area contributed by atoms with Crippen LogP contribution < -0.4 is 14.9 Å². The zero-order chi connectivity index (χ0) is 18.7. The van der Waals surface area contributed by atoms with Gasteiger partial charge in [0.2, 0.25) is 15.9 Å². The number of sulfonamides is 1. The lowest BCUT2D eigenvalue weighted by molar-refractivity contribution is -0.115. The molecule has 3 rings (SSSR count). The van der Waals surface area contributed by atoms with Crippen LogP contribution in [-0.4, -0.2) is 33.7 Å². The van der Waals surface area contributed by atoms with Gasteiger partial charge in [-0.15, -0.1) is 0 Å². The van der Waals surface area contributed by atoms with Gasteiger partial charge in [0.05, 0.1) is 29.2 Å². The van der Waals surface area contributed by atoms with Crippen molar-refractivity contribution in [3.63, 3.8) is 0 Å². The smallest absolute Gasteiger partial charge is 0.243 e. The lowest BCUT2D eigenvalue weighted by atomic mass is 10.00. The van der Waals surface area contributed by atoms with Crippen molar-refractivity contribution in [1.29, 1.82) is 0 Å². The van der Waals surface area contributed by atoms with Crippen LogP contribution in [0.2, 0.25) is 5.02 Å². The van der Waals surface area contributed by atoms with Crippen LogP contribution in [0.1, 0.15) is 12.0 Å². The molecule has 26 heavy (non-hydrogen) atoms. The van der Waals surface area contributed by atoms with Crippen LogP contribution in [0.3, 0.4) is 0 Å². The third kappa shape index (κ3) is 4.47. The SMILES string of the molecule is CS(=O)(=O)Nc1cccc2c1CCCN2CC(=O)Nc1ccccc1Cl. The highest BCUT2D eigenvalue weighted by Crippen LogP contribution is 2.33. The Morgan fingerprint density at radius 1 is 1.15 bits per heavy atom. The molecule has 0 spiro atoms. The van der Waals surface area contributed by atoms with E-state index in [1.165, 1.54) is 0 Å². The Morgan fingerprint density at radius 2 is 1.88 bits per heavy atom. The number of carbonyl (C=O) groups excluding carboxylic acids is 1. The van der Waals surface area contributed by atoms with Crippen molar-refractivity contribution in [3.05, 3.63) is 53.1 Å². The van der Waals surface area contributed by atoms with E-state index in [1.54, 1.807) is 36.4 Å². The van der Waals surface area contributed by atoms with E-state index in [1.807, 2.05) is 11.0 Å². The largest absolute Gasteiger partial charge is 0.362 e. The number of benzene rings is 2. The number of hydrogen-bond donors (Lipinski definition) is 2. The quantitative estimate of drug-likeness (QED) is 0.818. The van der Waals surface area contributed by atoms with Crippen molar-refractivity contribution >= 4 is 44.6 Å². The lowest BCUT2D eigenvalue weighted by Crippen LogP contribution is -2.37. The van der Waals surface area contributed by atoms with Crippen molar-refractivity contribution in [2.75, 3.05) is 34.3 Å². The Hall–Kier alpha value is -2.25. The van der Waals surface area contributed by atoms with Crippen molar-refractivity contribution in [2.24, 2.45) is 0 Å². The first-order valence-corrected chi connectivity index (χ1v) is 10.5. The molecule has 0 aromatic heterocycles. The van der Waals surface area contributed by atoms with Crippen molar-refractivity contribution in [3.8, 4) is 0 Å². The molecule has 8 heteroatoms. The van der Waals surface area contributed by atoms with Gasteiger partial charge in [0, 0.05) is 12.2 Å². The van der Waals surface area contributed by atoms with Crippen molar-refractivity contribution < 1.29 is 13.2 Å². The molecular formula is C18H20ClN3O3S. The first-order chi connectivity index (χ1) is 12.3. The predicted molar refractivity (Wildman–Crippen MR) is 106 cm³/mol. The molecule has 0 unspecified atom stereocenters. The van der Waals surface area contributed by atoms with Gasteiger partial charge in [0.15, 0.2) is 0 Å². The zero-order valence-corrected chi connectivity index (χ0v) is 15.9. The summed E-state index contributed by atoms with van der Waals surface area (Å²) in [7, 11) is -3.36. The van der Waals surface area contributed by atoms with Crippen LogP contribution in [0.4, 0.5) is 17.1 Å². The highest BCUT2D eigenvalue weighted by Gasteiger charge is 2.22. The van der Waals surface area contributed by atoms with Crippen molar-refractivity contribution in [1.82, 2.24) is 0 Å². The summed E-state index contributed by atoms with van der Waals surface area (Å²) in [6.07, 6.45) is 2.73. The predicted octanol–water partition coefficient (Wildman–Crippen LogP) is 3.10. The van der Waals surface area contributed by atoms with Crippen LogP contribution in [0.15, 0.2) is 42.5 Å². The number of rotatable bonds is 5. The molecule has 0 bridgehead atoms. The summed E-state index contributed by atoms with van der Waals surface area (Å²) in [6.45, 7) is 0.895. The standard InChI is InChI=1S/C18H20ClN3O3S/c1-26(24,25)21-15-9-4-10-17-13(15)6-5-11-22(17)12-18(23)20-16-8-3-2-7-14(16)19/h2-4,7-10,21H,5-6,11-12H2,1H3,(H,20,23). The summed E-state index contributed by atoms with van der Waals surface area (Å²) in [5.74, 6) is -0.174. The molecule has 0 radical (unpaired) electrons. The van der Waals surface area contributed by atoms with E-state index in [-0.39, 0.29) is 12.5 Å². The van der Waals surface area contributed by atoms with Gasteiger partial charge in [-0.2, -0.15) is 0 Å². The minimum absolute atomic E-state index is 0.167. The Labute approximate surface area is 158 Å². The molecule has 0 saturated heterocycles. The normalized spacial score (nSPS) is 13.8. The van der Waals surface area contributed by atoms with E-state index >= 15 is 0 Å². The minimum atomic E-state index is -3.36. The van der Waals surface area contributed by atoms with Crippen molar-refractivity contribution in [2.45, 2.75) is 12.8 Å². The summed E-state index contributed by atoms with van der Waals surface area (Å²) in [5, 5.41) is 3.30. The summed E-state index contributed by atoms with van der Waals surface area (Å²) in [5.41, 5.74) is 2.93.